The molecule has 2 aliphatic rings. The van der Waals surface area contributed by atoms with E-state index in [0.29, 0.717) is 0 Å². The Balaban J connectivity index is 1.94. The highest BCUT2D eigenvalue weighted by Gasteiger charge is 2.59. The molecule has 0 aromatic carbocycles. The number of rotatable bonds is 2. The molecule has 13 heavy (non-hydrogen) atoms. The van der Waals surface area contributed by atoms with Crippen molar-refractivity contribution in [2.45, 2.75) is 19.4 Å². The van der Waals surface area contributed by atoms with Crippen LogP contribution in [0.25, 0.3) is 0 Å². The molecule has 1 saturated carbocycles. The molecule has 0 spiro atoms. The van der Waals surface area contributed by atoms with Gasteiger partial charge in [-0.2, -0.15) is 0 Å². The molecule has 1 aliphatic heterocycles. The molecule has 1 saturated heterocycles. The van der Waals surface area contributed by atoms with E-state index in [9.17, 15) is 4.79 Å². The molecule has 0 aromatic rings. The molecule has 0 radical (unpaired) electrons. The Morgan fingerprint density at radius 2 is 2.15 bits per heavy atom. The zero-order valence-corrected chi connectivity index (χ0v) is 7.92. The maximum atomic E-state index is 10.9. The molecule has 2 N–H and O–H groups in total. The second-order valence-corrected chi connectivity index (χ2v) is 4.23. The zero-order chi connectivity index (χ0) is 9.47. The van der Waals surface area contributed by atoms with Crippen molar-refractivity contribution >= 4 is 5.97 Å². The molecule has 2 atom stereocenters. The largest absolute Gasteiger partial charge is 0.481 e. The van der Waals surface area contributed by atoms with Crippen molar-refractivity contribution in [3.63, 3.8) is 0 Å². The number of hydrogen-bond acceptors (Lipinski definition) is 3. The molecule has 1 heterocycles. The van der Waals surface area contributed by atoms with Crippen LogP contribution < -0.4 is 5.32 Å². The van der Waals surface area contributed by atoms with Crippen molar-refractivity contribution in [1.29, 1.82) is 0 Å². The first-order valence-corrected chi connectivity index (χ1v) is 4.83. The number of carboxylic acid groups (broad SMARTS) is 1. The minimum Gasteiger partial charge on any atom is -0.481 e. The van der Waals surface area contributed by atoms with Gasteiger partial charge in [-0.05, 0) is 13.3 Å². The maximum absolute atomic E-state index is 10.9. The summed E-state index contributed by atoms with van der Waals surface area (Å²) in [5.41, 5.74) is -0.461. The van der Waals surface area contributed by atoms with Crippen LogP contribution in [0.15, 0.2) is 0 Å². The van der Waals surface area contributed by atoms with Crippen molar-refractivity contribution < 1.29 is 9.90 Å². The van der Waals surface area contributed by atoms with Crippen LogP contribution in [0.5, 0.6) is 0 Å². The van der Waals surface area contributed by atoms with Crippen molar-refractivity contribution in [2.75, 3.05) is 26.2 Å². The molecular formula is C9H16N2O2. The van der Waals surface area contributed by atoms with Gasteiger partial charge in [-0.1, -0.05) is 0 Å². The van der Waals surface area contributed by atoms with Crippen molar-refractivity contribution in [1.82, 2.24) is 10.2 Å². The average molecular weight is 184 g/mol. The summed E-state index contributed by atoms with van der Waals surface area (Å²) in [6.45, 7) is 5.82. The number of aliphatic carboxylic acids is 1. The molecule has 74 valence electrons. The third kappa shape index (κ3) is 1.44. The average Bonchev–Trinajstić information content (AvgIpc) is 2.81. The van der Waals surface area contributed by atoms with Gasteiger partial charge in [0.1, 0.15) is 0 Å². The second-order valence-electron chi connectivity index (χ2n) is 4.23. The Bertz CT molecular complexity index is 226. The summed E-state index contributed by atoms with van der Waals surface area (Å²) in [7, 11) is 0. The van der Waals surface area contributed by atoms with Crippen LogP contribution in [0, 0.1) is 5.41 Å². The number of nitrogens with one attached hydrogen (secondary N) is 1. The summed E-state index contributed by atoms with van der Waals surface area (Å²) < 4.78 is 0. The summed E-state index contributed by atoms with van der Waals surface area (Å²) in [6, 6.07) is 0.284. The fourth-order valence-corrected chi connectivity index (χ4v) is 2.10. The standard InChI is InChI=1S/C9H16N2O2/c1-9(8(12)13)6-7(9)11-4-2-10-3-5-11/h7,10H,2-6H2,1H3,(H,12,13). The SMILES string of the molecule is CC1(C(=O)O)CC1N1CCNCC1. The minimum absolute atomic E-state index is 0.284. The highest BCUT2D eigenvalue weighted by Crippen LogP contribution is 2.49. The van der Waals surface area contributed by atoms with E-state index in [1.54, 1.807) is 0 Å². The second kappa shape index (κ2) is 2.96. The van der Waals surface area contributed by atoms with Crippen LogP contribution in [-0.2, 0) is 4.79 Å². The molecule has 4 nitrogen and oxygen atoms in total. The minimum atomic E-state index is -0.643. The third-order valence-electron chi connectivity index (χ3n) is 3.27. The van der Waals surface area contributed by atoms with Crippen LogP contribution in [0.2, 0.25) is 0 Å². The van der Waals surface area contributed by atoms with E-state index in [0.717, 1.165) is 32.6 Å². The third-order valence-corrected chi connectivity index (χ3v) is 3.27. The summed E-state index contributed by atoms with van der Waals surface area (Å²) in [5.74, 6) is -0.643. The van der Waals surface area contributed by atoms with E-state index in [1.165, 1.54) is 0 Å². The smallest absolute Gasteiger partial charge is 0.311 e. The van der Waals surface area contributed by atoms with Crippen molar-refractivity contribution in [2.24, 2.45) is 5.41 Å². The first kappa shape index (κ1) is 8.97. The Hall–Kier alpha value is -0.610. The predicted octanol–water partition coefficient (Wildman–Crippen LogP) is -0.245. The van der Waals surface area contributed by atoms with E-state index >= 15 is 0 Å². The summed E-state index contributed by atoms with van der Waals surface area (Å²) >= 11 is 0. The van der Waals surface area contributed by atoms with Crippen LogP contribution in [0.1, 0.15) is 13.3 Å². The molecule has 0 amide bonds. The van der Waals surface area contributed by atoms with Gasteiger partial charge in [-0.25, -0.2) is 0 Å². The zero-order valence-electron chi connectivity index (χ0n) is 7.92. The van der Waals surface area contributed by atoms with Gasteiger partial charge in [-0.15, -0.1) is 0 Å². The van der Waals surface area contributed by atoms with Crippen molar-refractivity contribution in [3.05, 3.63) is 0 Å². The Morgan fingerprint density at radius 3 is 2.62 bits per heavy atom. The van der Waals surface area contributed by atoms with Crippen LogP contribution >= 0.6 is 0 Å². The van der Waals surface area contributed by atoms with Gasteiger partial charge in [0.25, 0.3) is 0 Å². The molecule has 0 bridgehead atoms. The summed E-state index contributed by atoms with van der Waals surface area (Å²) in [5, 5.41) is 12.2. The Morgan fingerprint density at radius 1 is 1.54 bits per heavy atom. The van der Waals surface area contributed by atoms with E-state index in [1.807, 2.05) is 6.92 Å². The van der Waals surface area contributed by atoms with E-state index in [-0.39, 0.29) is 6.04 Å². The van der Waals surface area contributed by atoms with Crippen molar-refractivity contribution in [3.8, 4) is 0 Å². The number of carboxylic acids is 1. The number of nitrogens with zero attached hydrogens (tertiary/aromatic N) is 1. The monoisotopic (exact) mass is 184 g/mol. The highest BCUT2D eigenvalue weighted by atomic mass is 16.4. The number of piperazine rings is 1. The molecule has 4 heteroatoms. The lowest BCUT2D eigenvalue weighted by Crippen LogP contribution is -2.46. The lowest BCUT2D eigenvalue weighted by Gasteiger charge is -2.28. The molecule has 0 aromatic heterocycles. The number of carbonyl (C=O) groups is 1. The van der Waals surface area contributed by atoms with Gasteiger partial charge in [0.05, 0.1) is 5.41 Å². The fourth-order valence-electron chi connectivity index (χ4n) is 2.10. The summed E-state index contributed by atoms with van der Waals surface area (Å²) in [6.07, 6.45) is 0.822. The van der Waals surface area contributed by atoms with Gasteiger partial charge >= 0.3 is 5.97 Å². The number of hydrogen-bond donors (Lipinski definition) is 2. The van der Waals surface area contributed by atoms with Gasteiger partial charge in [0.15, 0.2) is 0 Å². The van der Waals surface area contributed by atoms with Gasteiger partial charge in [0.2, 0.25) is 0 Å². The van der Waals surface area contributed by atoms with Crippen LogP contribution in [-0.4, -0.2) is 48.2 Å². The first-order chi connectivity index (χ1) is 6.14. The lowest BCUT2D eigenvalue weighted by molar-refractivity contribution is -0.143. The molecule has 2 rings (SSSR count). The maximum Gasteiger partial charge on any atom is 0.311 e. The molecule has 2 unspecified atom stereocenters. The molecular weight excluding hydrogens is 168 g/mol. The van der Waals surface area contributed by atoms with Gasteiger partial charge in [-0.3, -0.25) is 9.69 Å². The molecule has 2 fully saturated rings. The normalized spacial score (nSPS) is 40.2. The quantitative estimate of drug-likeness (QED) is 0.621. The highest BCUT2D eigenvalue weighted by molar-refractivity contribution is 5.79. The van der Waals surface area contributed by atoms with Crippen LogP contribution in [0.3, 0.4) is 0 Å². The topological polar surface area (TPSA) is 52.6 Å². The fraction of sp³-hybridized carbons (Fsp3) is 0.889. The molecule has 1 aliphatic carbocycles. The Kier molecular flexibility index (Phi) is 2.04. The Labute approximate surface area is 77.9 Å². The predicted molar refractivity (Wildman–Crippen MR) is 48.6 cm³/mol. The van der Waals surface area contributed by atoms with E-state index in [4.69, 9.17) is 5.11 Å². The van der Waals surface area contributed by atoms with E-state index < -0.39 is 11.4 Å². The van der Waals surface area contributed by atoms with Gasteiger partial charge in [0, 0.05) is 32.2 Å². The van der Waals surface area contributed by atoms with E-state index in [2.05, 4.69) is 10.2 Å². The summed E-state index contributed by atoms with van der Waals surface area (Å²) in [4.78, 5) is 13.2. The lowest BCUT2D eigenvalue weighted by atomic mass is 10.1. The first-order valence-electron chi connectivity index (χ1n) is 4.83. The van der Waals surface area contributed by atoms with Gasteiger partial charge < -0.3 is 10.4 Å². The van der Waals surface area contributed by atoms with Crippen LogP contribution in [0.4, 0.5) is 0 Å².